The molecule has 26 aromatic rings. The average Bonchev–Trinajstić information content (AvgIpc) is 1.57. The quantitative estimate of drug-likeness (QED) is 0.0750. The molecule has 0 spiro atoms. The lowest BCUT2D eigenvalue weighted by Crippen LogP contribution is -2.10. The van der Waals surface area contributed by atoms with Gasteiger partial charge in [0.25, 0.3) is 0 Å². The zero-order chi connectivity index (χ0) is 95.9. The van der Waals surface area contributed by atoms with Crippen LogP contribution in [0.25, 0.3) is 181 Å². The Balaban J connectivity index is 0.000000116. The van der Waals surface area contributed by atoms with Crippen LogP contribution in [0.5, 0.6) is 0 Å². The first-order chi connectivity index (χ1) is 71.4. The van der Waals surface area contributed by atoms with Gasteiger partial charge in [-0.25, -0.2) is 0 Å². The van der Waals surface area contributed by atoms with E-state index >= 15 is 0 Å². The summed E-state index contributed by atoms with van der Waals surface area (Å²) in [6, 6.07) is 214. The summed E-state index contributed by atoms with van der Waals surface area (Å²) >= 11 is 0. The first-order valence-corrected chi connectivity index (χ1v) is 49.4. The van der Waals surface area contributed by atoms with Gasteiger partial charge in [-0.3, -0.25) is 0 Å². The summed E-state index contributed by atoms with van der Waals surface area (Å²) in [7, 11) is 0. The number of hydrogen-bond donors (Lipinski definition) is 0. The molecule has 1 heterocycles. The van der Waals surface area contributed by atoms with E-state index in [4.69, 9.17) is 0 Å². The van der Waals surface area contributed by atoms with Crippen LogP contribution < -0.4 is 14.7 Å². The summed E-state index contributed by atoms with van der Waals surface area (Å²) in [6.45, 7) is 0. The highest BCUT2D eigenvalue weighted by atomic mass is 15.2. The molecule has 0 bridgehead atoms. The third kappa shape index (κ3) is 18.0. The molecule has 4 heteroatoms. The molecule has 0 N–H and O–H groups in total. The maximum atomic E-state index is 2.40. The summed E-state index contributed by atoms with van der Waals surface area (Å²) in [5.41, 5.74) is 35.3. The zero-order valence-electron chi connectivity index (χ0n) is 79.4. The van der Waals surface area contributed by atoms with Crippen molar-refractivity contribution in [3.63, 3.8) is 0 Å². The minimum absolute atomic E-state index is 1.10. The van der Waals surface area contributed by atoms with Crippen molar-refractivity contribution in [2.75, 3.05) is 14.7 Å². The summed E-state index contributed by atoms with van der Waals surface area (Å²) in [4.78, 5) is 7.04. The largest absolute Gasteiger partial charge is 0.311 e. The molecule has 0 saturated heterocycles. The summed E-state index contributed by atoms with van der Waals surface area (Å²) in [5, 5.41) is 15.3. The second-order valence-corrected chi connectivity index (χ2v) is 36.6. The number of anilines is 9. The van der Waals surface area contributed by atoms with Gasteiger partial charge in [-0.05, 0) is 294 Å². The lowest BCUT2D eigenvalue weighted by molar-refractivity contribution is 1.18. The van der Waals surface area contributed by atoms with Crippen molar-refractivity contribution in [1.82, 2.24) is 4.57 Å². The number of rotatable bonds is 19. The van der Waals surface area contributed by atoms with Gasteiger partial charge in [0.1, 0.15) is 0 Å². The van der Waals surface area contributed by atoms with Crippen molar-refractivity contribution in [3.05, 3.63) is 595 Å². The Labute approximate surface area is 840 Å². The predicted octanol–water partition coefficient (Wildman–Crippen LogP) is 39.3. The van der Waals surface area contributed by atoms with Crippen LogP contribution in [-0.4, -0.2) is 4.57 Å². The van der Waals surface area contributed by atoms with Crippen molar-refractivity contribution in [1.29, 1.82) is 0 Å². The fourth-order valence-corrected chi connectivity index (χ4v) is 20.6. The molecule has 1 aromatic heterocycles. The molecule has 0 aliphatic rings. The Hall–Kier alpha value is -19.0. The molecule has 0 amide bonds. The van der Waals surface area contributed by atoms with E-state index in [-0.39, 0.29) is 0 Å². The number of hydrogen-bond acceptors (Lipinski definition) is 3. The zero-order valence-corrected chi connectivity index (χ0v) is 79.4. The van der Waals surface area contributed by atoms with Crippen LogP contribution in [0.2, 0.25) is 0 Å². The van der Waals surface area contributed by atoms with Gasteiger partial charge in [0, 0.05) is 67.6 Å². The van der Waals surface area contributed by atoms with Gasteiger partial charge in [0.2, 0.25) is 0 Å². The molecule has 26 rings (SSSR count). The van der Waals surface area contributed by atoms with Crippen molar-refractivity contribution in [2.24, 2.45) is 0 Å². The standard InChI is InChI=1S/C48H34N2.C48H33N.C44H31N/c1-4-12-35(13-5-1)38-20-26-41(27-21-38)49(42-28-22-39(23-29-42)36-14-6-2-7-15-36)44-32-33-46-45-18-10-11-19-47(45)50(48(46)34-44)43-30-24-40(25-31-43)37-16-8-3-9-17-37;1-3-11-34(12-4-1)36-19-26-40(27-20-36)49(41-28-21-37(22-29-41)35-13-5-2-6-14-35)42-30-23-38(24-31-42)39-25-32-47-45-17-8-7-15-43(45)44-16-9-10-18-46(44)48(47)33-39;1-3-9-32(10-4-1)34-19-25-40(26-20-34)45(41-27-21-35(22-28-41)33-11-5-2-6-12-33)42-29-23-36(24-30-42)39-18-17-38-16-15-37-13-7-8-14-43(37)44(38)31-39/h1-34H;1-33H;1-31H. The molecular weight excluding hydrogens is 1740 g/mol. The normalized spacial score (nSPS) is 11.2. The van der Waals surface area contributed by atoms with Gasteiger partial charge in [-0.15, -0.1) is 0 Å². The monoisotopic (exact) mass is 1830 g/mol. The van der Waals surface area contributed by atoms with Gasteiger partial charge in [-0.1, -0.05) is 455 Å². The Morgan fingerprint density at radius 3 is 0.625 bits per heavy atom. The first-order valence-electron chi connectivity index (χ1n) is 49.4. The molecule has 0 unspecified atom stereocenters. The van der Waals surface area contributed by atoms with E-state index in [1.807, 2.05) is 0 Å². The van der Waals surface area contributed by atoms with Crippen molar-refractivity contribution >= 4 is 127 Å². The SMILES string of the molecule is c1ccc(-c2ccc(N(c3ccc(-c4ccccc4)cc3)c3ccc(-c4ccc5c6ccccc6c6ccccc6c5c4)cc3)cc2)cc1.c1ccc(-c2ccc(N(c3ccc(-c4ccccc4)cc3)c3ccc(-c4ccc5ccc6ccccc6c5c4)cc3)cc2)cc1.c1ccc(-c2ccc(N(c3ccc(-c4ccccc4)cc3)c3ccc4c5ccccc5n(-c5ccc(-c6ccccc6)cc5)c4c3)cc2)cc1. The second-order valence-electron chi connectivity index (χ2n) is 36.6. The minimum atomic E-state index is 1.10. The predicted molar refractivity (Wildman–Crippen MR) is 614 cm³/mol. The lowest BCUT2D eigenvalue weighted by atomic mass is 9.92. The Bertz CT molecular complexity index is 8700. The maximum absolute atomic E-state index is 2.40. The van der Waals surface area contributed by atoms with Crippen molar-refractivity contribution in [2.45, 2.75) is 0 Å². The van der Waals surface area contributed by atoms with E-state index < -0.39 is 0 Å². The molecule has 0 fully saturated rings. The van der Waals surface area contributed by atoms with Crippen molar-refractivity contribution < 1.29 is 0 Å². The van der Waals surface area contributed by atoms with Gasteiger partial charge in [0.15, 0.2) is 0 Å². The molecule has 0 radical (unpaired) electrons. The van der Waals surface area contributed by atoms with Crippen LogP contribution in [0.1, 0.15) is 0 Å². The Morgan fingerprint density at radius 2 is 0.299 bits per heavy atom. The van der Waals surface area contributed by atoms with Crippen LogP contribution in [-0.2, 0) is 0 Å². The first kappa shape index (κ1) is 87.7. The average molecular weight is 1840 g/mol. The minimum Gasteiger partial charge on any atom is -0.311 e. The van der Waals surface area contributed by atoms with E-state index in [1.54, 1.807) is 0 Å². The van der Waals surface area contributed by atoms with Crippen LogP contribution >= 0.6 is 0 Å². The molecule has 4 nitrogen and oxygen atoms in total. The lowest BCUT2D eigenvalue weighted by Gasteiger charge is -2.26. The van der Waals surface area contributed by atoms with Gasteiger partial charge < -0.3 is 19.3 Å². The number of benzene rings is 25. The highest BCUT2D eigenvalue weighted by Crippen LogP contribution is 2.47. The molecular formula is C140H98N4. The second kappa shape index (κ2) is 39.8. The number of para-hydroxylation sites is 1. The Kier molecular flexibility index (Phi) is 24.3. The van der Waals surface area contributed by atoms with E-state index in [0.717, 1.165) is 56.9 Å². The van der Waals surface area contributed by atoms with Crippen LogP contribution in [0.3, 0.4) is 0 Å². The molecule has 0 aliphatic carbocycles. The third-order valence-corrected chi connectivity index (χ3v) is 28.0. The van der Waals surface area contributed by atoms with E-state index in [0.29, 0.717) is 0 Å². The maximum Gasteiger partial charge on any atom is 0.0561 e. The van der Waals surface area contributed by atoms with E-state index in [1.165, 1.54) is 176 Å². The van der Waals surface area contributed by atoms with E-state index in [9.17, 15) is 0 Å². The molecule has 0 aliphatic heterocycles. The summed E-state index contributed by atoms with van der Waals surface area (Å²) in [5.74, 6) is 0. The number of fused-ring (bicyclic) bond motifs is 12. The fraction of sp³-hybridized carbons (Fsp3) is 0. The van der Waals surface area contributed by atoms with Crippen LogP contribution in [0, 0.1) is 0 Å². The number of nitrogens with zero attached hydrogens (tertiary/aromatic N) is 4. The fourth-order valence-electron chi connectivity index (χ4n) is 20.6. The number of aromatic nitrogens is 1. The topological polar surface area (TPSA) is 14.7 Å². The molecule has 25 aromatic carbocycles. The third-order valence-electron chi connectivity index (χ3n) is 28.0. The Morgan fingerprint density at radius 1 is 0.104 bits per heavy atom. The molecule has 678 valence electrons. The highest BCUT2D eigenvalue weighted by Gasteiger charge is 2.23. The highest BCUT2D eigenvalue weighted by molar-refractivity contribution is 6.26. The summed E-state index contributed by atoms with van der Waals surface area (Å²) < 4.78 is 2.40. The van der Waals surface area contributed by atoms with Gasteiger partial charge >= 0.3 is 0 Å². The van der Waals surface area contributed by atoms with Gasteiger partial charge in [0.05, 0.1) is 11.0 Å². The molecule has 0 saturated carbocycles. The molecule has 0 atom stereocenters. The van der Waals surface area contributed by atoms with Gasteiger partial charge in [-0.2, -0.15) is 0 Å². The van der Waals surface area contributed by atoms with Crippen molar-refractivity contribution in [3.8, 4) is 106 Å². The summed E-state index contributed by atoms with van der Waals surface area (Å²) in [6.07, 6.45) is 0. The smallest absolute Gasteiger partial charge is 0.0561 e. The van der Waals surface area contributed by atoms with Crippen LogP contribution in [0.15, 0.2) is 595 Å². The molecule has 144 heavy (non-hydrogen) atoms. The van der Waals surface area contributed by atoms with E-state index in [2.05, 4.69) is 614 Å². The van der Waals surface area contributed by atoms with Crippen LogP contribution in [0.4, 0.5) is 51.2 Å².